The molecule has 0 aliphatic heterocycles. The Labute approximate surface area is 110 Å². The van der Waals surface area contributed by atoms with Crippen LogP contribution < -0.4 is 0 Å². The molecule has 1 aliphatic carbocycles. The second kappa shape index (κ2) is 7.18. The smallest absolute Gasteiger partial charge is 0.370 e. The van der Waals surface area contributed by atoms with Crippen LogP contribution in [0.1, 0.15) is 27.2 Å². The van der Waals surface area contributed by atoms with Crippen molar-refractivity contribution in [2.45, 2.75) is 27.2 Å². The lowest BCUT2D eigenvalue weighted by Gasteiger charge is -2.31. The van der Waals surface area contributed by atoms with Crippen LogP contribution in [0.4, 0.5) is 0 Å². The second-order valence-corrected chi connectivity index (χ2v) is 6.50. The SMILES string of the molecule is CCO[Si](OCC)(OCC)C1=CC=CCC1=S. The van der Waals surface area contributed by atoms with Crippen molar-refractivity contribution in [1.29, 1.82) is 0 Å². The highest BCUT2D eigenvalue weighted by Crippen LogP contribution is 2.25. The minimum atomic E-state index is -2.79. The fraction of sp³-hybridized carbons (Fsp3) is 0.583. The Kier molecular flexibility index (Phi) is 6.22. The van der Waals surface area contributed by atoms with E-state index in [1.54, 1.807) is 0 Å². The molecule has 96 valence electrons. The minimum Gasteiger partial charge on any atom is -0.370 e. The van der Waals surface area contributed by atoms with Crippen molar-refractivity contribution in [3.05, 3.63) is 23.4 Å². The van der Waals surface area contributed by atoms with Crippen LogP contribution in [0.3, 0.4) is 0 Å². The van der Waals surface area contributed by atoms with Gasteiger partial charge in [0.05, 0.1) is 0 Å². The first-order valence-corrected chi connectivity index (χ1v) is 8.15. The summed E-state index contributed by atoms with van der Waals surface area (Å²) in [7, 11) is -2.79. The summed E-state index contributed by atoms with van der Waals surface area (Å²) in [6.07, 6.45) is 6.76. The van der Waals surface area contributed by atoms with E-state index in [2.05, 4.69) is 0 Å². The average Bonchev–Trinajstić information content (AvgIpc) is 2.30. The van der Waals surface area contributed by atoms with Crippen molar-refractivity contribution in [2.24, 2.45) is 0 Å². The van der Waals surface area contributed by atoms with Gasteiger partial charge < -0.3 is 13.3 Å². The third kappa shape index (κ3) is 3.56. The molecule has 1 aliphatic rings. The van der Waals surface area contributed by atoms with Gasteiger partial charge >= 0.3 is 8.80 Å². The van der Waals surface area contributed by atoms with Crippen LogP contribution in [0.5, 0.6) is 0 Å². The Morgan fingerprint density at radius 3 is 2.06 bits per heavy atom. The molecule has 0 spiro atoms. The number of rotatable bonds is 7. The highest BCUT2D eigenvalue weighted by atomic mass is 32.1. The van der Waals surface area contributed by atoms with Gasteiger partial charge in [-0.05, 0) is 20.8 Å². The maximum absolute atomic E-state index is 5.83. The summed E-state index contributed by atoms with van der Waals surface area (Å²) >= 11 is 5.39. The van der Waals surface area contributed by atoms with Gasteiger partial charge in [-0.1, -0.05) is 30.4 Å². The van der Waals surface area contributed by atoms with Gasteiger partial charge in [-0.15, -0.1) is 0 Å². The van der Waals surface area contributed by atoms with Crippen molar-refractivity contribution >= 4 is 25.9 Å². The molecule has 0 heterocycles. The summed E-state index contributed by atoms with van der Waals surface area (Å²) in [5.41, 5.74) is 0. The Hall–Kier alpha value is -0.333. The van der Waals surface area contributed by atoms with Crippen LogP contribution in [-0.4, -0.2) is 33.5 Å². The number of hydrogen-bond acceptors (Lipinski definition) is 4. The number of hydrogen-bond donors (Lipinski definition) is 0. The summed E-state index contributed by atoms with van der Waals surface area (Å²) in [6.45, 7) is 7.54. The van der Waals surface area contributed by atoms with Gasteiger partial charge in [0.2, 0.25) is 0 Å². The number of thiocarbonyl (C=S) groups is 1. The lowest BCUT2D eigenvalue weighted by Crippen LogP contribution is -2.50. The van der Waals surface area contributed by atoms with Gasteiger partial charge in [-0.2, -0.15) is 0 Å². The second-order valence-electron chi connectivity index (χ2n) is 3.49. The fourth-order valence-electron chi connectivity index (χ4n) is 1.74. The highest BCUT2D eigenvalue weighted by Gasteiger charge is 2.46. The molecule has 0 bridgehead atoms. The molecule has 0 fully saturated rings. The Morgan fingerprint density at radius 1 is 1.12 bits per heavy atom. The fourth-order valence-corrected chi connectivity index (χ4v) is 4.88. The van der Waals surface area contributed by atoms with Gasteiger partial charge in [0, 0.05) is 36.3 Å². The normalized spacial score (nSPS) is 16.2. The maximum atomic E-state index is 5.83. The van der Waals surface area contributed by atoms with Crippen molar-refractivity contribution in [2.75, 3.05) is 19.8 Å². The molecule has 0 atom stereocenters. The quantitative estimate of drug-likeness (QED) is 0.526. The Morgan fingerprint density at radius 2 is 1.65 bits per heavy atom. The van der Waals surface area contributed by atoms with Gasteiger partial charge in [-0.3, -0.25) is 0 Å². The van der Waals surface area contributed by atoms with Crippen LogP contribution in [0.25, 0.3) is 0 Å². The molecule has 17 heavy (non-hydrogen) atoms. The molecular formula is C12H20O3SSi. The van der Waals surface area contributed by atoms with E-state index >= 15 is 0 Å². The van der Waals surface area contributed by atoms with E-state index in [0.29, 0.717) is 19.8 Å². The lowest BCUT2D eigenvalue weighted by molar-refractivity contribution is 0.0825. The molecule has 0 aromatic carbocycles. The van der Waals surface area contributed by atoms with Crippen LogP contribution in [-0.2, 0) is 13.3 Å². The van der Waals surface area contributed by atoms with Crippen molar-refractivity contribution < 1.29 is 13.3 Å². The molecular weight excluding hydrogens is 252 g/mol. The molecule has 0 amide bonds. The Balaban J connectivity index is 3.04. The molecule has 0 aromatic heterocycles. The van der Waals surface area contributed by atoms with Gasteiger partial charge in [0.15, 0.2) is 0 Å². The largest absolute Gasteiger partial charge is 0.538 e. The van der Waals surface area contributed by atoms with Crippen molar-refractivity contribution in [1.82, 2.24) is 0 Å². The van der Waals surface area contributed by atoms with Crippen LogP contribution >= 0.6 is 12.2 Å². The summed E-state index contributed by atoms with van der Waals surface area (Å²) in [5, 5.41) is 0.945. The topological polar surface area (TPSA) is 27.7 Å². The van der Waals surface area contributed by atoms with E-state index in [0.717, 1.165) is 16.5 Å². The first-order valence-electron chi connectivity index (χ1n) is 6.02. The predicted octanol–water partition coefficient (Wildman–Crippen LogP) is 2.83. The van der Waals surface area contributed by atoms with E-state index in [4.69, 9.17) is 25.5 Å². The summed E-state index contributed by atoms with van der Waals surface area (Å²) in [5.74, 6) is 0. The predicted molar refractivity (Wildman–Crippen MR) is 75.1 cm³/mol. The van der Waals surface area contributed by atoms with E-state index in [-0.39, 0.29) is 0 Å². The first-order chi connectivity index (χ1) is 8.20. The third-order valence-corrected chi connectivity index (χ3v) is 6.04. The molecule has 1 rings (SSSR count). The summed E-state index contributed by atoms with van der Waals surface area (Å²) in [6, 6.07) is 0. The van der Waals surface area contributed by atoms with Crippen LogP contribution in [0.2, 0.25) is 0 Å². The van der Waals surface area contributed by atoms with Gasteiger partial charge in [-0.25, -0.2) is 0 Å². The van der Waals surface area contributed by atoms with Crippen molar-refractivity contribution in [3.63, 3.8) is 0 Å². The van der Waals surface area contributed by atoms with Crippen LogP contribution in [0.15, 0.2) is 23.4 Å². The number of allylic oxidation sites excluding steroid dienone is 4. The zero-order valence-electron chi connectivity index (χ0n) is 10.7. The van der Waals surface area contributed by atoms with E-state index < -0.39 is 8.80 Å². The summed E-state index contributed by atoms with van der Waals surface area (Å²) in [4.78, 5) is 0.870. The third-order valence-electron chi connectivity index (χ3n) is 2.34. The zero-order valence-corrected chi connectivity index (χ0v) is 12.5. The molecule has 0 saturated heterocycles. The molecule has 3 nitrogen and oxygen atoms in total. The minimum absolute atomic E-state index is 0.565. The molecule has 0 saturated carbocycles. The van der Waals surface area contributed by atoms with E-state index in [9.17, 15) is 0 Å². The maximum Gasteiger partial charge on any atom is 0.538 e. The summed E-state index contributed by atoms with van der Waals surface area (Å²) < 4.78 is 17.5. The lowest BCUT2D eigenvalue weighted by atomic mass is 10.2. The standard InChI is InChI=1S/C12H20O3SSi/c1-4-13-17(14-5-2,15-6-3)12-10-8-7-9-11(12)16/h7-8,10H,4-6,9H2,1-3H3. The molecule has 5 heteroatoms. The molecule has 0 N–H and O–H groups in total. The van der Waals surface area contributed by atoms with Crippen LogP contribution in [0, 0.1) is 0 Å². The molecule has 0 unspecified atom stereocenters. The van der Waals surface area contributed by atoms with E-state index in [1.807, 2.05) is 39.0 Å². The zero-order chi connectivity index (χ0) is 12.7. The van der Waals surface area contributed by atoms with Gasteiger partial charge in [0.1, 0.15) is 0 Å². The van der Waals surface area contributed by atoms with Gasteiger partial charge in [0.25, 0.3) is 0 Å². The van der Waals surface area contributed by atoms with E-state index in [1.165, 1.54) is 0 Å². The Bertz CT molecular complexity index is 309. The van der Waals surface area contributed by atoms with Crippen molar-refractivity contribution in [3.8, 4) is 0 Å². The highest BCUT2D eigenvalue weighted by molar-refractivity contribution is 7.81. The first kappa shape index (κ1) is 14.7. The monoisotopic (exact) mass is 272 g/mol. The molecule has 0 radical (unpaired) electrons. The molecule has 0 aromatic rings. The average molecular weight is 272 g/mol.